The molecule has 2 nitrogen and oxygen atoms in total. The zero-order valence-electron chi connectivity index (χ0n) is 10.4. The maximum atomic E-state index is 5.71. The van der Waals surface area contributed by atoms with Gasteiger partial charge in [0.1, 0.15) is 0 Å². The van der Waals surface area contributed by atoms with Crippen molar-refractivity contribution >= 4 is 11.3 Å². The Labute approximate surface area is 102 Å². The van der Waals surface area contributed by atoms with Gasteiger partial charge in [-0.25, -0.2) is 0 Å². The van der Waals surface area contributed by atoms with E-state index >= 15 is 0 Å². The van der Waals surface area contributed by atoms with Crippen LogP contribution in [0.15, 0.2) is 11.4 Å². The standard InChI is InChI=1S/C13H21NOS/c1-10-5-8-16-12(10)11(14-2)9-13(15-3)6-4-7-13/h5,8,11,14H,4,6-7,9H2,1-3H3. The third-order valence-corrected chi connectivity index (χ3v) is 4.97. The Morgan fingerprint density at radius 1 is 1.56 bits per heavy atom. The lowest BCUT2D eigenvalue weighted by Gasteiger charge is -2.42. The molecular weight excluding hydrogens is 218 g/mol. The van der Waals surface area contributed by atoms with Gasteiger partial charge in [0.05, 0.1) is 5.60 Å². The van der Waals surface area contributed by atoms with Crippen LogP contribution in [0.3, 0.4) is 0 Å². The SMILES string of the molecule is CNC(CC1(OC)CCC1)c1sccc1C. The molecule has 0 amide bonds. The molecule has 1 aromatic rings. The number of hydrogen-bond donors (Lipinski definition) is 1. The fourth-order valence-electron chi connectivity index (χ4n) is 2.50. The second-order valence-electron chi connectivity index (χ2n) is 4.75. The summed E-state index contributed by atoms with van der Waals surface area (Å²) in [6.07, 6.45) is 4.84. The molecule has 1 fully saturated rings. The fourth-order valence-corrected chi connectivity index (χ4v) is 3.54. The Morgan fingerprint density at radius 2 is 2.31 bits per heavy atom. The summed E-state index contributed by atoms with van der Waals surface area (Å²) in [4.78, 5) is 1.46. The molecule has 1 unspecified atom stereocenters. The van der Waals surface area contributed by atoms with Crippen LogP contribution in [0.4, 0.5) is 0 Å². The van der Waals surface area contributed by atoms with Gasteiger partial charge >= 0.3 is 0 Å². The molecule has 0 bridgehead atoms. The van der Waals surface area contributed by atoms with Crippen molar-refractivity contribution in [1.29, 1.82) is 0 Å². The minimum atomic E-state index is 0.143. The number of hydrogen-bond acceptors (Lipinski definition) is 3. The molecule has 1 heterocycles. The second kappa shape index (κ2) is 4.86. The van der Waals surface area contributed by atoms with Crippen LogP contribution in [0.5, 0.6) is 0 Å². The van der Waals surface area contributed by atoms with Gasteiger partial charge < -0.3 is 10.1 Å². The van der Waals surface area contributed by atoms with Crippen LogP contribution in [0.25, 0.3) is 0 Å². The summed E-state index contributed by atoms with van der Waals surface area (Å²) < 4.78 is 5.71. The molecule has 2 rings (SSSR count). The van der Waals surface area contributed by atoms with Gasteiger partial charge in [0, 0.05) is 18.0 Å². The van der Waals surface area contributed by atoms with E-state index in [1.54, 1.807) is 0 Å². The Bertz CT molecular complexity index is 338. The van der Waals surface area contributed by atoms with Crippen LogP contribution in [0, 0.1) is 6.92 Å². The van der Waals surface area contributed by atoms with Gasteiger partial charge in [0.15, 0.2) is 0 Å². The van der Waals surface area contributed by atoms with E-state index in [4.69, 9.17) is 4.74 Å². The van der Waals surface area contributed by atoms with Crippen LogP contribution in [-0.2, 0) is 4.74 Å². The van der Waals surface area contributed by atoms with Crippen molar-refractivity contribution in [1.82, 2.24) is 5.32 Å². The van der Waals surface area contributed by atoms with Crippen LogP contribution in [0.1, 0.15) is 42.2 Å². The third-order valence-electron chi connectivity index (χ3n) is 3.84. The molecule has 16 heavy (non-hydrogen) atoms. The van der Waals surface area contributed by atoms with E-state index in [-0.39, 0.29) is 5.60 Å². The molecule has 3 heteroatoms. The largest absolute Gasteiger partial charge is 0.378 e. The van der Waals surface area contributed by atoms with Gasteiger partial charge in [-0.05, 0) is 56.7 Å². The van der Waals surface area contributed by atoms with Gasteiger partial charge in [0.2, 0.25) is 0 Å². The van der Waals surface area contributed by atoms with Gasteiger partial charge in [-0.3, -0.25) is 0 Å². The molecule has 1 atom stereocenters. The molecule has 90 valence electrons. The Balaban J connectivity index is 2.09. The quantitative estimate of drug-likeness (QED) is 0.851. The van der Waals surface area contributed by atoms with E-state index in [2.05, 4.69) is 23.7 Å². The summed E-state index contributed by atoms with van der Waals surface area (Å²) in [6.45, 7) is 2.19. The van der Waals surface area contributed by atoms with Crippen molar-refractivity contribution in [3.8, 4) is 0 Å². The van der Waals surface area contributed by atoms with Crippen LogP contribution in [0.2, 0.25) is 0 Å². The van der Waals surface area contributed by atoms with E-state index in [1.165, 1.54) is 29.7 Å². The van der Waals surface area contributed by atoms with Crippen molar-refractivity contribution in [3.63, 3.8) is 0 Å². The third kappa shape index (κ3) is 2.17. The highest BCUT2D eigenvalue weighted by Crippen LogP contribution is 2.42. The molecular formula is C13H21NOS. The first-order chi connectivity index (χ1) is 7.71. The first-order valence-corrected chi connectivity index (χ1v) is 6.85. The monoisotopic (exact) mass is 239 g/mol. The zero-order valence-corrected chi connectivity index (χ0v) is 11.2. The summed E-state index contributed by atoms with van der Waals surface area (Å²) in [5, 5.41) is 5.61. The molecule has 0 spiro atoms. The highest BCUT2D eigenvalue weighted by Gasteiger charge is 2.39. The highest BCUT2D eigenvalue weighted by atomic mass is 32.1. The number of ether oxygens (including phenoxy) is 1. The molecule has 0 saturated heterocycles. The van der Waals surface area contributed by atoms with E-state index in [1.807, 2.05) is 25.5 Å². The molecule has 0 aromatic carbocycles. The van der Waals surface area contributed by atoms with Crippen LogP contribution in [-0.4, -0.2) is 19.8 Å². The minimum Gasteiger partial charge on any atom is -0.378 e. The van der Waals surface area contributed by atoms with Crippen molar-refractivity contribution in [3.05, 3.63) is 21.9 Å². The first-order valence-electron chi connectivity index (χ1n) is 5.97. The average molecular weight is 239 g/mol. The minimum absolute atomic E-state index is 0.143. The van der Waals surface area contributed by atoms with E-state index < -0.39 is 0 Å². The van der Waals surface area contributed by atoms with Gasteiger partial charge in [0.25, 0.3) is 0 Å². The van der Waals surface area contributed by atoms with Crippen molar-refractivity contribution in [2.45, 2.75) is 44.2 Å². The summed E-state index contributed by atoms with van der Waals surface area (Å²) in [5.41, 5.74) is 1.54. The van der Waals surface area contributed by atoms with Crippen molar-refractivity contribution in [2.24, 2.45) is 0 Å². The number of nitrogens with one attached hydrogen (secondary N) is 1. The van der Waals surface area contributed by atoms with Crippen molar-refractivity contribution in [2.75, 3.05) is 14.2 Å². The maximum absolute atomic E-state index is 5.71. The van der Waals surface area contributed by atoms with E-state index in [0.29, 0.717) is 6.04 Å². The Hall–Kier alpha value is -0.380. The molecule has 1 aliphatic carbocycles. The van der Waals surface area contributed by atoms with E-state index in [9.17, 15) is 0 Å². The lowest BCUT2D eigenvalue weighted by Crippen LogP contribution is -2.42. The molecule has 0 aliphatic heterocycles. The summed E-state index contributed by atoms with van der Waals surface area (Å²) >= 11 is 1.85. The molecule has 0 radical (unpaired) electrons. The van der Waals surface area contributed by atoms with Crippen molar-refractivity contribution < 1.29 is 4.74 Å². The second-order valence-corrected chi connectivity index (χ2v) is 5.70. The lowest BCUT2D eigenvalue weighted by atomic mass is 9.75. The molecule has 1 aliphatic rings. The summed E-state index contributed by atoms with van der Waals surface area (Å²) in [5.74, 6) is 0. The molecule has 1 saturated carbocycles. The fraction of sp³-hybridized carbons (Fsp3) is 0.692. The van der Waals surface area contributed by atoms with Gasteiger partial charge in [-0.1, -0.05) is 0 Å². The summed E-state index contributed by atoms with van der Waals surface area (Å²) in [6, 6.07) is 2.64. The highest BCUT2D eigenvalue weighted by molar-refractivity contribution is 7.10. The van der Waals surface area contributed by atoms with Gasteiger partial charge in [-0.15, -0.1) is 11.3 Å². The number of rotatable bonds is 5. The van der Waals surface area contributed by atoms with Gasteiger partial charge in [-0.2, -0.15) is 0 Å². The Kier molecular flexibility index (Phi) is 3.67. The maximum Gasteiger partial charge on any atom is 0.0697 e. The zero-order chi connectivity index (χ0) is 11.6. The average Bonchev–Trinajstić information content (AvgIpc) is 2.65. The predicted molar refractivity (Wildman–Crippen MR) is 69.1 cm³/mol. The summed E-state index contributed by atoms with van der Waals surface area (Å²) in [7, 11) is 3.90. The molecule has 1 N–H and O–H groups in total. The van der Waals surface area contributed by atoms with E-state index in [0.717, 1.165) is 6.42 Å². The lowest BCUT2D eigenvalue weighted by molar-refractivity contribution is -0.0832. The number of thiophene rings is 1. The smallest absolute Gasteiger partial charge is 0.0697 e. The molecule has 1 aromatic heterocycles. The predicted octanol–water partition coefficient (Wildman–Crippen LogP) is 3.28. The normalized spacial score (nSPS) is 20.4. The number of aryl methyl sites for hydroxylation is 1. The Morgan fingerprint density at radius 3 is 2.69 bits per heavy atom. The topological polar surface area (TPSA) is 21.3 Å². The van der Waals surface area contributed by atoms with Crippen LogP contribution < -0.4 is 5.32 Å². The first kappa shape index (κ1) is 12.1. The van der Waals surface area contributed by atoms with Crippen LogP contribution >= 0.6 is 11.3 Å². The number of methoxy groups -OCH3 is 1.